The second kappa shape index (κ2) is 7.07. The van der Waals surface area contributed by atoms with E-state index in [9.17, 15) is 4.79 Å². The number of carbonyl (C=O) groups excluding carboxylic acids is 1. The molecular formula is C16H30N4O. The van der Waals surface area contributed by atoms with Crippen molar-refractivity contribution in [3.63, 3.8) is 0 Å². The van der Waals surface area contributed by atoms with Crippen LogP contribution in [0.25, 0.3) is 0 Å². The molecule has 3 fully saturated rings. The van der Waals surface area contributed by atoms with Gasteiger partial charge in [-0.15, -0.1) is 0 Å². The van der Waals surface area contributed by atoms with Crippen LogP contribution in [0, 0.1) is 0 Å². The van der Waals surface area contributed by atoms with Crippen LogP contribution in [0.1, 0.15) is 38.5 Å². The molecule has 0 aromatic heterocycles. The highest BCUT2D eigenvalue weighted by Crippen LogP contribution is 2.37. The zero-order valence-corrected chi connectivity index (χ0v) is 13.2. The van der Waals surface area contributed by atoms with Crippen molar-refractivity contribution in [2.45, 2.75) is 44.1 Å². The summed E-state index contributed by atoms with van der Waals surface area (Å²) in [6.07, 6.45) is 7.06. The van der Waals surface area contributed by atoms with Gasteiger partial charge in [-0.05, 0) is 38.8 Å². The fourth-order valence-electron chi connectivity index (χ4n) is 4.22. The molecular weight excluding hydrogens is 264 g/mol. The quantitative estimate of drug-likeness (QED) is 0.771. The highest BCUT2D eigenvalue weighted by Gasteiger charge is 2.46. The van der Waals surface area contributed by atoms with Gasteiger partial charge >= 0.3 is 0 Å². The van der Waals surface area contributed by atoms with Crippen LogP contribution in [0.3, 0.4) is 0 Å². The average Bonchev–Trinajstić information content (AvgIpc) is 3.20. The van der Waals surface area contributed by atoms with E-state index in [-0.39, 0.29) is 5.54 Å². The molecule has 0 bridgehead atoms. The summed E-state index contributed by atoms with van der Waals surface area (Å²) in [5, 5.41) is 6.61. The molecule has 0 radical (unpaired) electrons. The van der Waals surface area contributed by atoms with Gasteiger partial charge in [-0.1, -0.05) is 12.8 Å². The third kappa shape index (κ3) is 3.41. The molecule has 2 aliphatic heterocycles. The van der Waals surface area contributed by atoms with Gasteiger partial charge in [0.2, 0.25) is 5.91 Å². The lowest BCUT2D eigenvalue weighted by Crippen LogP contribution is -2.57. The Morgan fingerprint density at radius 2 is 1.67 bits per heavy atom. The van der Waals surface area contributed by atoms with E-state index in [1.165, 1.54) is 25.7 Å². The van der Waals surface area contributed by atoms with Crippen molar-refractivity contribution in [2.75, 3.05) is 52.4 Å². The SMILES string of the molecule is O=C(NCCN1CCNCC1)C1(N2CCCC2)CCCC1. The van der Waals surface area contributed by atoms with Crippen LogP contribution in [-0.4, -0.2) is 73.6 Å². The van der Waals surface area contributed by atoms with Gasteiger partial charge in [0.1, 0.15) is 5.54 Å². The molecule has 0 aromatic carbocycles. The molecule has 2 saturated heterocycles. The van der Waals surface area contributed by atoms with Crippen LogP contribution >= 0.6 is 0 Å². The molecule has 21 heavy (non-hydrogen) atoms. The first-order valence-corrected chi connectivity index (χ1v) is 8.78. The van der Waals surface area contributed by atoms with Gasteiger partial charge in [0, 0.05) is 39.3 Å². The van der Waals surface area contributed by atoms with E-state index in [1.54, 1.807) is 0 Å². The van der Waals surface area contributed by atoms with Gasteiger partial charge in [0.05, 0.1) is 0 Å². The van der Waals surface area contributed by atoms with E-state index in [0.29, 0.717) is 5.91 Å². The lowest BCUT2D eigenvalue weighted by atomic mass is 9.94. The van der Waals surface area contributed by atoms with Gasteiger partial charge < -0.3 is 10.6 Å². The Morgan fingerprint density at radius 3 is 2.33 bits per heavy atom. The summed E-state index contributed by atoms with van der Waals surface area (Å²) in [6, 6.07) is 0. The predicted molar refractivity (Wildman–Crippen MR) is 84.3 cm³/mol. The van der Waals surface area contributed by atoms with Crippen molar-refractivity contribution in [1.29, 1.82) is 0 Å². The smallest absolute Gasteiger partial charge is 0.240 e. The zero-order valence-electron chi connectivity index (χ0n) is 13.2. The van der Waals surface area contributed by atoms with Crippen molar-refractivity contribution >= 4 is 5.91 Å². The maximum absolute atomic E-state index is 12.8. The Bertz CT molecular complexity index is 342. The van der Waals surface area contributed by atoms with E-state index in [2.05, 4.69) is 20.4 Å². The molecule has 1 amide bonds. The fourth-order valence-corrected chi connectivity index (χ4v) is 4.22. The number of hydrogen-bond donors (Lipinski definition) is 2. The van der Waals surface area contributed by atoms with Crippen LogP contribution in [0.5, 0.6) is 0 Å². The summed E-state index contributed by atoms with van der Waals surface area (Å²) < 4.78 is 0. The standard InChI is InChI=1S/C16H30N4O/c21-15(18-9-14-19-12-7-17-8-13-19)16(5-1-2-6-16)20-10-3-4-11-20/h17H,1-14H2,(H,18,21). The van der Waals surface area contributed by atoms with Crippen molar-refractivity contribution < 1.29 is 4.79 Å². The molecule has 2 heterocycles. The van der Waals surface area contributed by atoms with E-state index in [1.807, 2.05) is 0 Å². The topological polar surface area (TPSA) is 47.6 Å². The zero-order chi connectivity index (χ0) is 14.5. The summed E-state index contributed by atoms with van der Waals surface area (Å²) in [4.78, 5) is 17.7. The van der Waals surface area contributed by atoms with Crippen LogP contribution in [0.4, 0.5) is 0 Å². The molecule has 0 aromatic rings. The molecule has 0 atom stereocenters. The summed E-state index contributed by atoms with van der Waals surface area (Å²) in [7, 11) is 0. The number of nitrogens with one attached hydrogen (secondary N) is 2. The fraction of sp³-hybridized carbons (Fsp3) is 0.938. The number of carbonyl (C=O) groups is 1. The molecule has 5 nitrogen and oxygen atoms in total. The lowest BCUT2D eigenvalue weighted by Gasteiger charge is -2.37. The second-order valence-corrected chi connectivity index (χ2v) is 6.78. The minimum Gasteiger partial charge on any atom is -0.353 e. The predicted octanol–water partition coefficient (Wildman–Crippen LogP) is 0.416. The molecule has 5 heteroatoms. The Hall–Kier alpha value is -0.650. The van der Waals surface area contributed by atoms with Crippen LogP contribution < -0.4 is 10.6 Å². The minimum absolute atomic E-state index is 0.167. The molecule has 2 N–H and O–H groups in total. The highest BCUT2D eigenvalue weighted by molar-refractivity contribution is 5.86. The van der Waals surface area contributed by atoms with Gasteiger partial charge in [0.15, 0.2) is 0 Å². The summed E-state index contributed by atoms with van der Waals surface area (Å²) in [6.45, 7) is 8.38. The van der Waals surface area contributed by atoms with Crippen LogP contribution in [-0.2, 0) is 4.79 Å². The largest absolute Gasteiger partial charge is 0.353 e. The normalized spacial score (nSPS) is 27.0. The monoisotopic (exact) mass is 294 g/mol. The minimum atomic E-state index is -0.167. The van der Waals surface area contributed by atoms with Gasteiger partial charge in [0.25, 0.3) is 0 Å². The Balaban J connectivity index is 1.50. The molecule has 120 valence electrons. The Labute approximate surface area is 128 Å². The number of nitrogens with zero attached hydrogens (tertiary/aromatic N) is 2. The van der Waals surface area contributed by atoms with E-state index in [4.69, 9.17) is 0 Å². The molecule has 0 spiro atoms. The number of likely N-dealkylation sites (tertiary alicyclic amines) is 1. The van der Waals surface area contributed by atoms with Gasteiger partial charge in [-0.25, -0.2) is 0 Å². The lowest BCUT2D eigenvalue weighted by molar-refractivity contribution is -0.132. The summed E-state index contributed by atoms with van der Waals surface area (Å²) >= 11 is 0. The van der Waals surface area contributed by atoms with Gasteiger partial charge in [-0.2, -0.15) is 0 Å². The molecule has 3 rings (SSSR count). The first kappa shape index (κ1) is 15.3. The third-order valence-corrected chi connectivity index (χ3v) is 5.49. The molecule has 3 aliphatic rings. The molecule has 1 aliphatic carbocycles. The van der Waals surface area contributed by atoms with Crippen molar-refractivity contribution in [2.24, 2.45) is 0 Å². The van der Waals surface area contributed by atoms with Crippen LogP contribution in [0.2, 0.25) is 0 Å². The van der Waals surface area contributed by atoms with Crippen LogP contribution in [0.15, 0.2) is 0 Å². The highest BCUT2D eigenvalue weighted by atomic mass is 16.2. The summed E-state index contributed by atoms with van der Waals surface area (Å²) in [5.41, 5.74) is -0.167. The maximum Gasteiger partial charge on any atom is 0.240 e. The summed E-state index contributed by atoms with van der Waals surface area (Å²) in [5.74, 6) is 0.303. The van der Waals surface area contributed by atoms with Crippen molar-refractivity contribution in [3.05, 3.63) is 0 Å². The number of rotatable bonds is 5. The number of amides is 1. The van der Waals surface area contributed by atoms with E-state index < -0.39 is 0 Å². The van der Waals surface area contributed by atoms with E-state index >= 15 is 0 Å². The third-order valence-electron chi connectivity index (χ3n) is 5.49. The molecule has 1 saturated carbocycles. The van der Waals surface area contributed by atoms with Crippen molar-refractivity contribution in [1.82, 2.24) is 20.4 Å². The van der Waals surface area contributed by atoms with E-state index in [0.717, 1.165) is 65.2 Å². The second-order valence-electron chi connectivity index (χ2n) is 6.78. The average molecular weight is 294 g/mol. The Kier molecular flexibility index (Phi) is 5.14. The first-order chi connectivity index (χ1) is 10.3. The Morgan fingerprint density at radius 1 is 1.00 bits per heavy atom. The maximum atomic E-state index is 12.8. The number of piperazine rings is 1. The first-order valence-electron chi connectivity index (χ1n) is 8.78. The number of hydrogen-bond acceptors (Lipinski definition) is 4. The van der Waals surface area contributed by atoms with Crippen molar-refractivity contribution in [3.8, 4) is 0 Å². The molecule has 0 unspecified atom stereocenters. The van der Waals surface area contributed by atoms with Gasteiger partial charge in [-0.3, -0.25) is 14.6 Å².